The molecule has 1 amide bonds. The first-order chi connectivity index (χ1) is 6.27. The van der Waals surface area contributed by atoms with Crippen LogP contribution >= 0.6 is 0 Å². The van der Waals surface area contributed by atoms with Crippen molar-refractivity contribution in [1.29, 1.82) is 0 Å². The molecule has 0 bridgehead atoms. The van der Waals surface area contributed by atoms with E-state index in [1.807, 2.05) is 12.1 Å². The van der Waals surface area contributed by atoms with Gasteiger partial charge in [0.15, 0.2) is 0 Å². The minimum Gasteiger partial charge on any atom is -0.370 e. The van der Waals surface area contributed by atoms with E-state index in [0.29, 0.717) is 0 Å². The Morgan fingerprint density at radius 3 is 2.62 bits per heavy atom. The summed E-state index contributed by atoms with van der Waals surface area (Å²) in [6.45, 7) is 1.47. The molecule has 0 radical (unpaired) electrons. The zero-order chi connectivity index (χ0) is 9.26. The van der Waals surface area contributed by atoms with Gasteiger partial charge in [0.25, 0.3) is 0 Å². The monoisotopic (exact) mass is 177 g/mol. The van der Waals surface area contributed by atoms with Crippen LogP contribution in [-0.4, -0.2) is 24.0 Å². The molecule has 0 atom stereocenters. The normalized spacial score (nSPS) is 16.8. The number of nitrogens with zero attached hydrogens (tertiary/aromatic N) is 2. The maximum Gasteiger partial charge on any atom is 0.224 e. The van der Waals surface area contributed by atoms with Gasteiger partial charge in [-0.05, 0) is 12.1 Å². The van der Waals surface area contributed by atoms with Gasteiger partial charge in [0.05, 0.1) is 5.92 Å². The molecule has 2 rings (SSSR count). The zero-order valence-corrected chi connectivity index (χ0v) is 7.18. The van der Waals surface area contributed by atoms with E-state index >= 15 is 0 Å². The number of nitrogens with two attached hydrogens (primary N) is 1. The number of hydrogen-bond acceptors (Lipinski definition) is 3. The predicted octanol–water partition coefficient (Wildman–Crippen LogP) is 0.00310. The van der Waals surface area contributed by atoms with E-state index in [1.54, 1.807) is 12.4 Å². The van der Waals surface area contributed by atoms with E-state index in [4.69, 9.17) is 5.73 Å². The van der Waals surface area contributed by atoms with E-state index < -0.39 is 0 Å². The molecule has 0 aliphatic carbocycles. The smallest absolute Gasteiger partial charge is 0.224 e. The third kappa shape index (κ3) is 1.47. The molecule has 2 heterocycles. The fourth-order valence-corrected chi connectivity index (χ4v) is 1.42. The number of pyridine rings is 1. The number of carbonyl (C=O) groups excluding carboxylic acids is 1. The van der Waals surface area contributed by atoms with Gasteiger partial charge in [-0.3, -0.25) is 9.78 Å². The van der Waals surface area contributed by atoms with Crippen LogP contribution in [-0.2, 0) is 4.79 Å². The maximum absolute atomic E-state index is 10.7. The van der Waals surface area contributed by atoms with Crippen molar-refractivity contribution in [3.63, 3.8) is 0 Å². The van der Waals surface area contributed by atoms with Crippen molar-refractivity contribution in [2.75, 3.05) is 18.0 Å². The van der Waals surface area contributed by atoms with Crippen LogP contribution in [0.15, 0.2) is 24.5 Å². The number of rotatable bonds is 2. The van der Waals surface area contributed by atoms with E-state index in [-0.39, 0.29) is 11.8 Å². The Labute approximate surface area is 76.4 Å². The third-order valence-corrected chi connectivity index (χ3v) is 2.31. The van der Waals surface area contributed by atoms with Crippen molar-refractivity contribution in [2.45, 2.75) is 0 Å². The van der Waals surface area contributed by atoms with Gasteiger partial charge in [-0.2, -0.15) is 0 Å². The number of anilines is 1. The molecule has 1 fully saturated rings. The summed E-state index contributed by atoms with van der Waals surface area (Å²) >= 11 is 0. The summed E-state index contributed by atoms with van der Waals surface area (Å²) in [7, 11) is 0. The Balaban J connectivity index is 1.98. The standard InChI is InChI=1S/C9H11N3O/c10-9(13)7-5-12(6-7)8-1-3-11-4-2-8/h1-4,7H,5-6H2,(H2,10,13). The van der Waals surface area contributed by atoms with E-state index in [1.165, 1.54) is 0 Å². The predicted molar refractivity (Wildman–Crippen MR) is 49.1 cm³/mol. The van der Waals surface area contributed by atoms with Gasteiger partial charge < -0.3 is 10.6 Å². The lowest BCUT2D eigenvalue weighted by atomic mass is 9.99. The van der Waals surface area contributed by atoms with Crippen molar-refractivity contribution in [3.05, 3.63) is 24.5 Å². The molecule has 13 heavy (non-hydrogen) atoms. The number of aromatic nitrogens is 1. The highest BCUT2D eigenvalue weighted by atomic mass is 16.1. The molecule has 1 aliphatic rings. The van der Waals surface area contributed by atoms with Crippen LogP contribution in [0, 0.1) is 5.92 Å². The van der Waals surface area contributed by atoms with Gasteiger partial charge in [0.2, 0.25) is 5.91 Å². The molecule has 1 aromatic rings. The SMILES string of the molecule is NC(=O)C1CN(c2ccncc2)C1. The van der Waals surface area contributed by atoms with Crippen LogP contribution in [0.4, 0.5) is 5.69 Å². The highest BCUT2D eigenvalue weighted by molar-refractivity contribution is 5.80. The molecule has 0 spiro atoms. The molecule has 68 valence electrons. The molecule has 0 saturated carbocycles. The number of amides is 1. The Hall–Kier alpha value is -1.58. The Kier molecular flexibility index (Phi) is 1.88. The summed E-state index contributed by atoms with van der Waals surface area (Å²) in [6, 6.07) is 3.86. The second-order valence-electron chi connectivity index (χ2n) is 3.21. The Morgan fingerprint density at radius 1 is 1.46 bits per heavy atom. The van der Waals surface area contributed by atoms with Crippen molar-refractivity contribution >= 4 is 11.6 Å². The molecule has 1 aromatic heterocycles. The van der Waals surface area contributed by atoms with Crippen LogP contribution in [0.1, 0.15) is 0 Å². The van der Waals surface area contributed by atoms with Crippen molar-refractivity contribution in [2.24, 2.45) is 11.7 Å². The van der Waals surface area contributed by atoms with Gasteiger partial charge in [-0.1, -0.05) is 0 Å². The van der Waals surface area contributed by atoms with Crippen molar-refractivity contribution in [3.8, 4) is 0 Å². The summed E-state index contributed by atoms with van der Waals surface area (Å²) in [5, 5.41) is 0. The molecule has 1 aliphatic heterocycles. The van der Waals surface area contributed by atoms with Gasteiger partial charge in [-0.25, -0.2) is 0 Å². The number of hydrogen-bond donors (Lipinski definition) is 1. The Morgan fingerprint density at radius 2 is 2.08 bits per heavy atom. The largest absolute Gasteiger partial charge is 0.370 e. The lowest BCUT2D eigenvalue weighted by molar-refractivity contribution is -0.122. The quantitative estimate of drug-likeness (QED) is 0.692. The molecule has 1 saturated heterocycles. The maximum atomic E-state index is 10.7. The summed E-state index contributed by atoms with van der Waals surface area (Å²) in [4.78, 5) is 16.8. The minimum atomic E-state index is -0.203. The van der Waals surface area contributed by atoms with Crippen LogP contribution in [0.25, 0.3) is 0 Å². The molecule has 0 aromatic carbocycles. The highest BCUT2D eigenvalue weighted by Crippen LogP contribution is 2.22. The zero-order valence-electron chi connectivity index (χ0n) is 7.18. The molecular weight excluding hydrogens is 166 g/mol. The fraction of sp³-hybridized carbons (Fsp3) is 0.333. The lowest BCUT2D eigenvalue weighted by Crippen LogP contribution is -2.52. The first kappa shape index (κ1) is 8.04. The van der Waals surface area contributed by atoms with Gasteiger partial charge in [0.1, 0.15) is 0 Å². The summed E-state index contributed by atoms with van der Waals surface area (Å²) < 4.78 is 0. The van der Waals surface area contributed by atoms with E-state index in [9.17, 15) is 4.79 Å². The van der Waals surface area contributed by atoms with Crippen LogP contribution < -0.4 is 10.6 Å². The molecule has 4 nitrogen and oxygen atoms in total. The first-order valence-corrected chi connectivity index (χ1v) is 4.21. The summed E-state index contributed by atoms with van der Waals surface area (Å²) in [6.07, 6.45) is 3.49. The van der Waals surface area contributed by atoms with Gasteiger partial charge >= 0.3 is 0 Å². The highest BCUT2D eigenvalue weighted by Gasteiger charge is 2.30. The van der Waals surface area contributed by atoms with E-state index in [0.717, 1.165) is 18.8 Å². The number of carbonyl (C=O) groups is 1. The molecule has 2 N–H and O–H groups in total. The van der Waals surface area contributed by atoms with Crippen LogP contribution in [0.3, 0.4) is 0 Å². The average Bonchev–Trinajstić information content (AvgIpc) is 2.02. The van der Waals surface area contributed by atoms with Crippen molar-refractivity contribution < 1.29 is 4.79 Å². The fourth-order valence-electron chi connectivity index (χ4n) is 1.42. The molecule has 0 unspecified atom stereocenters. The van der Waals surface area contributed by atoms with Crippen LogP contribution in [0.2, 0.25) is 0 Å². The third-order valence-electron chi connectivity index (χ3n) is 2.31. The van der Waals surface area contributed by atoms with E-state index in [2.05, 4.69) is 9.88 Å². The van der Waals surface area contributed by atoms with Crippen LogP contribution in [0.5, 0.6) is 0 Å². The second-order valence-corrected chi connectivity index (χ2v) is 3.21. The lowest BCUT2D eigenvalue weighted by Gasteiger charge is -2.39. The van der Waals surface area contributed by atoms with Gasteiger partial charge in [-0.15, -0.1) is 0 Å². The molecular formula is C9H11N3O. The second kappa shape index (κ2) is 3.05. The minimum absolute atomic E-state index is 0.0214. The number of primary amides is 1. The average molecular weight is 177 g/mol. The van der Waals surface area contributed by atoms with Crippen molar-refractivity contribution in [1.82, 2.24) is 4.98 Å². The summed E-state index contributed by atoms with van der Waals surface area (Å²) in [5.74, 6) is -0.182. The summed E-state index contributed by atoms with van der Waals surface area (Å²) in [5.41, 5.74) is 6.26. The first-order valence-electron chi connectivity index (χ1n) is 4.21. The molecule has 4 heteroatoms. The van der Waals surface area contributed by atoms with Gasteiger partial charge in [0, 0.05) is 31.2 Å². The topological polar surface area (TPSA) is 59.2 Å². The Bertz CT molecular complexity index is 306.